The summed E-state index contributed by atoms with van der Waals surface area (Å²) < 4.78 is 86.1. The lowest BCUT2D eigenvalue weighted by Gasteiger charge is -2.14. The van der Waals surface area contributed by atoms with E-state index in [4.69, 9.17) is 51.1 Å². The zero-order chi connectivity index (χ0) is 65.3. The molecule has 0 aliphatic carbocycles. The fraction of sp³-hybridized carbons (Fsp3) is 0.304. The SMILES string of the molecule is CCN(CC)CC.CCn1[nH]cc(C(=O)c2ccc(S(C)(=O)=O)c(Cn3cccn3)c2Cl)c1=O.CCn1[nH]ccc1=O.CS(=O)(=O)c1ccc(C(=O)Cl)c(Cl)c1Cn1cccn1.Cn1nccc1OC(=O)c1ccc(S(C)(=O)=O)c(Cn2cccn2)c1Cl. The Morgan fingerprint density at radius 3 is 1.28 bits per heavy atom. The second-order valence-electron chi connectivity index (χ2n) is 18.8. The number of rotatable bonds is 19. The highest BCUT2D eigenvalue weighted by Crippen LogP contribution is 2.33. The van der Waals surface area contributed by atoms with E-state index in [1.807, 2.05) is 6.92 Å². The Labute approximate surface area is 528 Å². The molecule has 32 heteroatoms. The lowest BCUT2D eigenvalue weighted by molar-refractivity contribution is 0.0719. The van der Waals surface area contributed by atoms with E-state index < -0.39 is 52.1 Å². The van der Waals surface area contributed by atoms with Gasteiger partial charge in [0, 0.05) is 123 Å². The molecule has 2 N–H and O–H groups in total. The van der Waals surface area contributed by atoms with Crippen molar-refractivity contribution in [1.29, 1.82) is 0 Å². The average molecular weight is 1350 g/mol. The molecule has 88 heavy (non-hydrogen) atoms. The van der Waals surface area contributed by atoms with Crippen LogP contribution in [0.4, 0.5) is 0 Å². The molecule has 0 bridgehead atoms. The number of carbonyl (C=O) groups is 3. The highest BCUT2D eigenvalue weighted by Gasteiger charge is 2.27. The Balaban J connectivity index is 0.000000216. The number of H-pyrrole nitrogens is 2. The van der Waals surface area contributed by atoms with Gasteiger partial charge >= 0.3 is 5.97 Å². The standard InChI is InChI=1S/C17H17ClN4O4S.C16H15ClN4O4S.C12H10Cl2N2O3S.C6H15N.C5H8N2O/c1-3-22-17(24)12(9-20-22)16(23)11-5-6-14(27(2,25)26)13(15(11)18)10-21-8-4-7-19-21;1-20-14(6-8-18-20)25-16(22)11-4-5-13(26(2,23)24)12(15(11)17)10-21-9-3-7-19-21;1-20(18,19)10-4-3-8(12(14)17)11(13)9(10)7-16-6-2-5-15-16;1-4-7(5-2)6-3;1-2-7-5(8)3-4-6-7/h4-9,20H,3,10H2,1-2H3;3-9H,10H2,1-2H3;2-6H,7H2,1H3;4-6H2,1-3H3;3-4,6H,2H2,1H3. The third-order valence-corrected chi connectivity index (χ3v) is 17.9. The third kappa shape index (κ3) is 18.9. The van der Waals surface area contributed by atoms with Crippen LogP contribution in [0.2, 0.25) is 15.1 Å². The van der Waals surface area contributed by atoms with Crippen molar-refractivity contribution in [3.05, 3.63) is 197 Å². The van der Waals surface area contributed by atoms with Gasteiger partial charge in [0.1, 0.15) is 5.56 Å². The van der Waals surface area contributed by atoms with E-state index in [-0.39, 0.29) is 94.2 Å². The fourth-order valence-electron chi connectivity index (χ4n) is 8.28. The van der Waals surface area contributed by atoms with Crippen LogP contribution in [-0.2, 0) is 69.3 Å². The molecule has 3 aromatic carbocycles. The number of hydrogen-bond donors (Lipinski definition) is 2. The van der Waals surface area contributed by atoms with E-state index in [1.54, 1.807) is 75.5 Å². The number of nitrogens with one attached hydrogen (secondary N) is 2. The summed E-state index contributed by atoms with van der Waals surface area (Å²) in [7, 11) is -8.99. The first kappa shape index (κ1) is 71.1. The van der Waals surface area contributed by atoms with Gasteiger partial charge in [-0.1, -0.05) is 55.6 Å². The second kappa shape index (κ2) is 32.0. The van der Waals surface area contributed by atoms with Crippen LogP contribution in [0.1, 0.15) is 87.9 Å². The Hall–Kier alpha value is -7.70. The lowest BCUT2D eigenvalue weighted by atomic mass is 10.0. The number of esters is 1. The van der Waals surface area contributed by atoms with E-state index in [0.717, 1.165) is 18.8 Å². The lowest BCUT2D eigenvalue weighted by Crippen LogP contribution is -2.21. The largest absolute Gasteiger partial charge is 0.404 e. The van der Waals surface area contributed by atoms with Crippen molar-refractivity contribution in [2.24, 2.45) is 7.05 Å². The monoisotopic (exact) mass is 1350 g/mol. The predicted octanol–water partition coefficient (Wildman–Crippen LogP) is 7.58. The molecule has 6 aromatic heterocycles. The zero-order valence-corrected chi connectivity index (χ0v) is 54.7. The van der Waals surface area contributed by atoms with Crippen molar-refractivity contribution in [3.8, 4) is 5.88 Å². The number of hydrogen-bond acceptors (Lipinski definition) is 17. The normalized spacial score (nSPS) is 11.3. The molecule has 0 radical (unpaired) electrons. The summed E-state index contributed by atoms with van der Waals surface area (Å²) in [4.78, 5) is 61.9. The molecular formula is C56H65Cl4N13O12S3. The van der Waals surface area contributed by atoms with Gasteiger partial charge in [-0.25, -0.2) is 34.7 Å². The number of ketones is 1. The van der Waals surface area contributed by atoms with Crippen LogP contribution in [0, 0.1) is 0 Å². The molecule has 0 amide bonds. The van der Waals surface area contributed by atoms with Gasteiger partial charge in [-0.05, 0) is 99.7 Å². The molecule has 0 saturated heterocycles. The molecular weight excluding hydrogens is 1280 g/mol. The first-order valence-electron chi connectivity index (χ1n) is 26.7. The number of halogens is 4. The van der Waals surface area contributed by atoms with Gasteiger partial charge < -0.3 is 19.8 Å². The van der Waals surface area contributed by atoms with Crippen LogP contribution in [0.5, 0.6) is 5.88 Å². The summed E-state index contributed by atoms with van der Waals surface area (Å²) in [6, 6.07) is 16.1. The molecule has 9 aromatic rings. The number of benzene rings is 3. The highest BCUT2D eigenvalue weighted by atomic mass is 35.5. The average Bonchev–Trinajstić information content (AvgIpc) is 2.92. The molecule has 0 fully saturated rings. The molecule has 0 atom stereocenters. The molecule has 25 nitrogen and oxygen atoms in total. The topological polar surface area (TPSA) is 313 Å². The molecule has 0 saturated carbocycles. The number of ether oxygens (including phenoxy) is 1. The predicted molar refractivity (Wildman–Crippen MR) is 334 cm³/mol. The minimum Gasteiger partial charge on any atom is -0.404 e. The van der Waals surface area contributed by atoms with E-state index >= 15 is 0 Å². The van der Waals surface area contributed by atoms with Gasteiger partial charge in [-0.2, -0.15) is 20.4 Å². The summed E-state index contributed by atoms with van der Waals surface area (Å²) in [5.41, 5.74) is 0.528. The summed E-state index contributed by atoms with van der Waals surface area (Å²) in [6.07, 6.45) is 17.3. The van der Waals surface area contributed by atoms with Crippen LogP contribution >= 0.6 is 46.4 Å². The van der Waals surface area contributed by atoms with Gasteiger partial charge in [-0.15, -0.1) is 0 Å². The minimum atomic E-state index is -3.58. The van der Waals surface area contributed by atoms with Crippen LogP contribution < -0.4 is 15.9 Å². The Kier molecular flexibility index (Phi) is 25.8. The van der Waals surface area contributed by atoms with Gasteiger partial charge in [0.2, 0.25) is 11.7 Å². The Bertz CT molecular complexity index is 4300. The summed E-state index contributed by atoms with van der Waals surface area (Å²) >= 11 is 24.4. The highest BCUT2D eigenvalue weighted by molar-refractivity contribution is 7.91. The van der Waals surface area contributed by atoms with E-state index in [9.17, 15) is 49.2 Å². The number of nitrogens with zero attached hydrogens (tertiary/aromatic N) is 11. The van der Waals surface area contributed by atoms with Crippen LogP contribution in [0.3, 0.4) is 0 Å². The smallest absolute Gasteiger partial charge is 0.346 e. The van der Waals surface area contributed by atoms with Crippen molar-refractivity contribution in [2.45, 2.75) is 82.0 Å². The van der Waals surface area contributed by atoms with Crippen molar-refractivity contribution < 1.29 is 44.4 Å². The number of aromatic nitrogens is 12. The van der Waals surface area contributed by atoms with Crippen molar-refractivity contribution >= 4 is 92.9 Å². The van der Waals surface area contributed by atoms with Crippen molar-refractivity contribution in [1.82, 2.24) is 63.6 Å². The molecule has 6 heterocycles. The molecule has 9 rings (SSSR count). The van der Waals surface area contributed by atoms with Crippen LogP contribution in [-0.4, -0.2) is 144 Å². The van der Waals surface area contributed by atoms with Gasteiger partial charge in [0.05, 0.1) is 66.7 Å². The fourth-order valence-corrected chi connectivity index (χ4v) is 12.4. The van der Waals surface area contributed by atoms with Crippen LogP contribution in [0.25, 0.3) is 0 Å². The quantitative estimate of drug-likeness (QED) is 0.0447. The van der Waals surface area contributed by atoms with Gasteiger partial charge in [0.15, 0.2) is 29.5 Å². The number of carbonyl (C=O) groups excluding carboxylic acids is 3. The molecule has 0 aliphatic rings. The van der Waals surface area contributed by atoms with E-state index in [1.165, 1.54) is 109 Å². The van der Waals surface area contributed by atoms with E-state index in [0.29, 0.717) is 18.7 Å². The van der Waals surface area contributed by atoms with Gasteiger partial charge in [-0.3, -0.25) is 42.6 Å². The summed E-state index contributed by atoms with van der Waals surface area (Å²) in [5, 5.41) is 20.8. The summed E-state index contributed by atoms with van der Waals surface area (Å²) in [5.74, 6) is -1.04. The number of aryl methyl sites for hydroxylation is 3. The van der Waals surface area contributed by atoms with E-state index in [2.05, 4.69) is 56.3 Å². The third-order valence-electron chi connectivity index (χ3n) is 12.9. The Morgan fingerprint density at radius 2 is 0.966 bits per heavy atom. The number of sulfone groups is 3. The molecule has 0 aliphatic heterocycles. The molecule has 0 spiro atoms. The van der Waals surface area contributed by atoms with Crippen molar-refractivity contribution in [3.63, 3.8) is 0 Å². The summed E-state index contributed by atoms with van der Waals surface area (Å²) in [6.45, 7) is 15.2. The maximum absolute atomic E-state index is 12.8. The maximum Gasteiger partial charge on any atom is 0.346 e. The maximum atomic E-state index is 12.8. The first-order chi connectivity index (χ1) is 41.5. The molecule has 0 unspecified atom stereocenters. The van der Waals surface area contributed by atoms with Crippen LogP contribution in [0.15, 0.2) is 147 Å². The Morgan fingerprint density at radius 1 is 0.545 bits per heavy atom. The first-order valence-corrected chi connectivity index (χ1v) is 33.8. The van der Waals surface area contributed by atoms with Crippen molar-refractivity contribution in [2.75, 3.05) is 38.4 Å². The zero-order valence-electron chi connectivity index (χ0n) is 49.3. The minimum absolute atomic E-state index is 0.00981. The number of aromatic amines is 2. The second-order valence-corrected chi connectivity index (χ2v) is 26.3. The van der Waals surface area contributed by atoms with Gasteiger partial charge in [0.25, 0.3) is 16.4 Å². The molecule has 472 valence electrons.